The molecular weight excluding hydrogens is 314 g/mol. The van der Waals surface area contributed by atoms with Gasteiger partial charge in [0.25, 0.3) is 0 Å². The summed E-state index contributed by atoms with van der Waals surface area (Å²) in [7, 11) is -3.40. The van der Waals surface area contributed by atoms with Gasteiger partial charge in [-0.05, 0) is 31.4 Å². The molecule has 0 atom stereocenters. The molecule has 0 amide bonds. The van der Waals surface area contributed by atoms with Crippen molar-refractivity contribution in [3.8, 4) is 0 Å². The van der Waals surface area contributed by atoms with E-state index in [-0.39, 0.29) is 5.92 Å². The number of aromatic nitrogens is 2. The van der Waals surface area contributed by atoms with Crippen LogP contribution in [-0.4, -0.2) is 36.0 Å². The van der Waals surface area contributed by atoms with Crippen LogP contribution in [0.25, 0.3) is 0 Å². The third kappa shape index (κ3) is 3.45. The van der Waals surface area contributed by atoms with Crippen LogP contribution in [0.2, 0.25) is 0 Å². The second kappa shape index (κ2) is 6.80. The molecular formula is C16H21N3O3S. The Hall–Kier alpha value is -1.73. The summed E-state index contributed by atoms with van der Waals surface area (Å²) in [5.74, 6) is 1.53. The molecule has 1 aromatic heterocycles. The maximum absolute atomic E-state index is 12.6. The lowest BCUT2D eigenvalue weighted by atomic mass is 9.98. The molecule has 124 valence electrons. The fourth-order valence-corrected chi connectivity index (χ4v) is 4.33. The van der Waals surface area contributed by atoms with E-state index in [0.29, 0.717) is 36.7 Å². The lowest BCUT2D eigenvalue weighted by Gasteiger charge is -2.29. The van der Waals surface area contributed by atoms with Crippen molar-refractivity contribution in [1.82, 2.24) is 14.4 Å². The second-order valence-corrected chi connectivity index (χ2v) is 7.73. The minimum Gasteiger partial charge on any atom is -0.339 e. The molecule has 0 unspecified atom stereocenters. The number of hydrogen-bond donors (Lipinski definition) is 0. The molecule has 2 heterocycles. The Morgan fingerprint density at radius 1 is 1.22 bits per heavy atom. The van der Waals surface area contributed by atoms with E-state index in [1.165, 1.54) is 0 Å². The number of piperidine rings is 1. The van der Waals surface area contributed by atoms with Crippen molar-refractivity contribution in [2.75, 3.05) is 13.1 Å². The van der Waals surface area contributed by atoms with Crippen molar-refractivity contribution in [3.63, 3.8) is 0 Å². The van der Waals surface area contributed by atoms with Crippen LogP contribution in [0.5, 0.6) is 0 Å². The van der Waals surface area contributed by atoms with Crippen molar-refractivity contribution in [1.29, 1.82) is 0 Å². The summed E-state index contributed by atoms with van der Waals surface area (Å²) in [4.78, 5) is 4.77. The smallest absolute Gasteiger partial charge is 0.243 e. The van der Waals surface area contributed by atoms with Crippen LogP contribution in [0.4, 0.5) is 0 Å². The predicted molar refractivity (Wildman–Crippen MR) is 85.5 cm³/mol. The summed E-state index contributed by atoms with van der Waals surface area (Å²) >= 11 is 0. The van der Waals surface area contributed by atoms with Crippen LogP contribution in [0.3, 0.4) is 0 Å². The number of nitrogens with zero attached hydrogens (tertiary/aromatic N) is 3. The monoisotopic (exact) mass is 335 g/mol. The third-order valence-corrected chi connectivity index (χ3v) is 6.05. The maximum atomic E-state index is 12.6. The Kier molecular flexibility index (Phi) is 4.77. The topological polar surface area (TPSA) is 76.3 Å². The van der Waals surface area contributed by atoms with Crippen LogP contribution in [-0.2, 0) is 16.4 Å². The first-order valence-electron chi connectivity index (χ1n) is 7.99. The van der Waals surface area contributed by atoms with E-state index in [0.717, 1.165) is 18.7 Å². The second-order valence-electron chi connectivity index (χ2n) is 5.79. The molecule has 23 heavy (non-hydrogen) atoms. The molecule has 6 nitrogen and oxygen atoms in total. The van der Waals surface area contributed by atoms with E-state index < -0.39 is 10.0 Å². The summed E-state index contributed by atoms with van der Waals surface area (Å²) in [6.45, 7) is 3.03. The van der Waals surface area contributed by atoms with Gasteiger partial charge in [0, 0.05) is 25.4 Å². The molecule has 1 aliphatic rings. The minimum atomic E-state index is -3.40. The third-order valence-electron chi connectivity index (χ3n) is 4.14. The van der Waals surface area contributed by atoms with E-state index in [1.807, 2.05) is 6.07 Å². The first kappa shape index (κ1) is 16.1. The van der Waals surface area contributed by atoms with Gasteiger partial charge < -0.3 is 4.52 Å². The highest BCUT2D eigenvalue weighted by Crippen LogP contribution is 2.29. The first-order valence-corrected chi connectivity index (χ1v) is 9.43. The largest absolute Gasteiger partial charge is 0.339 e. The highest BCUT2D eigenvalue weighted by Gasteiger charge is 2.31. The molecule has 0 bridgehead atoms. The van der Waals surface area contributed by atoms with E-state index in [1.54, 1.807) is 28.6 Å². The summed E-state index contributed by atoms with van der Waals surface area (Å²) in [6, 6.07) is 8.57. The molecule has 0 saturated carbocycles. The van der Waals surface area contributed by atoms with Gasteiger partial charge in [0.15, 0.2) is 5.82 Å². The minimum absolute atomic E-state index is 0.148. The number of hydrogen-bond acceptors (Lipinski definition) is 5. The van der Waals surface area contributed by atoms with E-state index in [9.17, 15) is 8.42 Å². The first-order chi connectivity index (χ1) is 11.1. The van der Waals surface area contributed by atoms with Crippen molar-refractivity contribution in [2.24, 2.45) is 0 Å². The van der Waals surface area contributed by atoms with Crippen molar-refractivity contribution in [3.05, 3.63) is 42.0 Å². The summed E-state index contributed by atoms with van der Waals surface area (Å²) in [5, 5.41) is 3.98. The average molecular weight is 335 g/mol. The molecule has 2 aromatic rings. The van der Waals surface area contributed by atoms with Crippen molar-refractivity contribution in [2.45, 2.75) is 43.4 Å². The van der Waals surface area contributed by atoms with Crippen LogP contribution in [0, 0.1) is 0 Å². The molecule has 0 spiro atoms. The fourth-order valence-electron chi connectivity index (χ4n) is 2.84. The summed E-state index contributed by atoms with van der Waals surface area (Å²) in [5.41, 5.74) is 0. The van der Waals surface area contributed by atoms with Gasteiger partial charge >= 0.3 is 0 Å². The van der Waals surface area contributed by atoms with Crippen LogP contribution in [0.15, 0.2) is 39.8 Å². The van der Waals surface area contributed by atoms with Crippen LogP contribution < -0.4 is 0 Å². The van der Waals surface area contributed by atoms with Crippen molar-refractivity contribution < 1.29 is 12.9 Å². The van der Waals surface area contributed by atoms with Gasteiger partial charge in [-0.25, -0.2) is 8.42 Å². The quantitative estimate of drug-likeness (QED) is 0.839. The number of aryl methyl sites for hydroxylation is 1. The highest BCUT2D eigenvalue weighted by molar-refractivity contribution is 7.89. The molecule has 1 aliphatic heterocycles. The van der Waals surface area contributed by atoms with Gasteiger partial charge in [0.2, 0.25) is 15.9 Å². The average Bonchev–Trinajstić information content (AvgIpc) is 3.05. The van der Waals surface area contributed by atoms with Crippen LogP contribution >= 0.6 is 0 Å². The van der Waals surface area contributed by atoms with Gasteiger partial charge in [0.1, 0.15) is 0 Å². The zero-order valence-electron chi connectivity index (χ0n) is 13.2. The zero-order chi connectivity index (χ0) is 16.3. The Morgan fingerprint density at radius 2 is 1.91 bits per heavy atom. The number of rotatable bonds is 5. The Morgan fingerprint density at radius 3 is 2.57 bits per heavy atom. The SMILES string of the molecule is CCCc1noc(C2CCN(S(=O)(=O)c3ccccc3)CC2)n1. The molecule has 1 saturated heterocycles. The molecule has 0 radical (unpaired) electrons. The van der Waals surface area contributed by atoms with Gasteiger partial charge in [0.05, 0.1) is 4.90 Å². The van der Waals surface area contributed by atoms with E-state index >= 15 is 0 Å². The van der Waals surface area contributed by atoms with Gasteiger partial charge in [-0.1, -0.05) is 30.3 Å². The molecule has 0 N–H and O–H groups in total. The Bertz CT molecular complexity index is 735. The Labute approximate surface area is 136 Å². The molecule has 1 aromatic carbocycles. The van der Waals surface area contributed by atoms with Crippen molar-refractivity contribution >= 4 is 10.0 Å². The van der Waals surface area contributed by atoms with Crippen LogP contribution in [0.1, 0.15) is 43.8 Å². The van der Waals surface area contributed by atoms with Gasteiger partial charge in [-0.3, -0.25) is 0 Å². The predicted octanol–water partition coefficient (Wildman–Crippen LogP) is 2.59. The standard InChI is InChI=1S/C16H21N3O3S/c1-2-6-15-17-16(22-18-15)13-9-11-19(12-10-13)23(20,21)14-7-4-3-5-8-14/h3-5,7-8,13H,2,6,9-12H2,1H3. The molecule has 0 aliphatic carbocycles. The number of benzene rings is 1. The normalized spacial score (nSPS) is 17.4. The highest BCUT2D eigenvalue weighted by atomic mass is 32.2. The lowest BCUT2D eigenvalue weighted by Crippen LogP contribution is -2.37. The van der Waals surface area contributed by atoms with E-state index in [4.69, 9.17) is 4.52 Å². The van der Waals surface area contributed by atoms with Gasteiger partial charge in [-0.15, -0.1) is 0 Å². The van der Waals surface area contributed by atoms with E-state index in [2.05, 4.69) is 17.1 Å². The summed E-state index contributed by atoms with van der Waals surface area (Å²) < 4.78 is 32.1. The number of sulfonamides is 1. The lowest BCUT2D eigenvalue weighted by molar-refractivity contribution is 0.270. The maximum Gasteiger partial charge on any atom is 0.243 e. The summed E-state index contributed by atoms with van der Waals surface area (Å²) in [6.07, 6.45) is 3.21. The fraction of sp³-hybridized carbons (Fsp3) is 0.500. The molecule has 7 heteroatoms. The zero-order valence-corrected chi connectivity index (χ0v) is 14.0. The van der Waals surface area contributed by atoms with Gasteiger partial charge in [-0.2, -0.15) is 9.29 Å². The molecule has 1 fully saturated rings. The Balaban J connectivity index is 1.66. The molecule has 3 rings (SSSR count).